The van der Waals surface area contributed by atoms with Crippen LogP contribution < -0.4 is 0 Å². The highest BCUT2D eigenvalue weighted by molar-refractivity contribution is 5.14. The van der Waals surface area contributed by atoms with Crippen LogP contribution in [0.3, 0.4) is 0 Å². The van der Waals surface area contributed by atoms with E-state index in [0.29, 0.717) is 0 Å². The summed E-state index contributed by atoms with van der Waals surface area (Å²) in [6.45, 7) is 6.10. The molecule has 0 spiro atoms. The van der Waals surface area contributed by atoms with Crippen molar-refractivity contribution in [3.63, 3.8) is 0 Å². The van der Waals surface area contributed by atoms with Gasteiger partial charge < -0.3 is 4.90 Å². The van der Waals surface area contributed by atoms with Crippen molar-refractivity contribution in [2.24, 2.45) is 11.8 Å². The minimum Gasteiger partial charge on any atom is -0.459 e. The third-order valence-electron chi connectivity index (χ3n) is 5.18. The molecule has 0 aromatic heterocycles. The molecule has 1 aromatic carbocycles. The molecule has 2 saturated heterocycles. The van der Waals surface area contributed by atoms with E-state index in [1.54, 1.807) is 0 Å². The van der Waals surface area contributed by atoms with E-state index in [0.717, 1.165) is 18.4 Å². The topological polar surface area (TPSA) is 6.48 Å². The second-order valence-electron chi connectivity index (χ2n) is 6.55. The van der Waals surface area contributed by atoms with Crippen molar-refractivity contribution in [1.29, 1.82) is 0 Å². The number of benzene rings is 1. The molecule has 3 rings (SSSR count). The Balaban J connectivity index is 1.45. The molecule has 0 radical (unpaired) electrons. The van der Waals surface area contributed by atoms with Crippen LogP contribution in [0.25, 0.3) is 0 Å². The van der Waals surface area contributed by atoms with Gasteiger partial charge in [0, 0.05) is 6.54 Å². The Morgan fingerprint density at radius 3 is 2.00 bits per heavy atom. The van der Waals surface area contributed by atoms with E-state index < -0.39 is 0 Å². The number of piperidine rings is 2. The first-order valence-electron chi connectivity index (χ1n) is 8.13. The van der Waals surface area contributed by atoms with Crippen LogP contribution in [0, 0.1) is 18.9 Å². The lowest BCUT2D eigenvalue weighted by Crippen LogP contribution is -2.39. The molecule has 0 bridgehead atoms. The molecule has 2 fully saturated rings. The average Bonchev–Trinajstić information content (AvgIpc) is 2.50. The van der Waals surface area contributed by atoms with Crippen LogP contribution in [0.4, 0.5) is 0 Å². The number of hydrogen-bond donors (Lipinski definition) is 0. The summed E-state index contributed by atoms with van der Waals surface area (Å²) in [5.41, 5.74) is 1.45. The van der Waals surface area contributed by atoms with Crippen molar-refractivity contribution in [3.8, 4) is 0 Å². The highest BCUT2D eigenvalue weighted by atomic mass is 15.1. The van der Waals surface area contributed by atoms with E-state index >= 15 is 0 Å². The summed E-state index contributed by atoms with van der Waals surface area (Å²) in [6, 6.07) is 10.9. The van der Waals surface area contributed by atoms with Crippen LogP contribution in [0.5, 0.6) is 0 Å². The molecule has 2 heterocycles. The number of rotatable bonds is 3. The Morgan fingerprint density at radius 2 is 1.40 bits per heavy atom. The quantitative estimate of drug-likeness (QED) is 0.777. The normalized spacial score (nSPS) is 24.1. The lowest BCUT2D eigenvalue weighted by atomic mass is 9.79. The molecule has 0 N–H and O–H groups in total. The second-order valence-corrected chi connectivity index (χ2v) is 6.55. The Bertz CT molecular complexity index is 387. The van der Waals surface area contributed by atoms with Gasteiger partial charge in [-0.1, -0.05) is 30.3 Å². The minimum absolute atomic E-state index is 0.965. The van der Waals surface area contributed by atoms with E-state index in [4.69, 9.17) is 0 Å². The molecule has 2 aliphatic heterocycles. The van der Waals surface area contributed by atoms with Crippen LogP contribution in [0.1, 0.15) is 31.2 Å². The maximum absolute atomic E-state index is 4.06. The Hall–Kier alpha value is -0.860. The fourth-order valence-corrected chi connectivity index (χ4v) is 3.85. The molecule has 1 aromatic rings. The Kier molecular flexibility index (Phi) is 4.74. The third-order valence-corrected chi connectivity index (χ3v) is 5.18. The fourth-order valence-electron chi connectivity index (χ4n) is 3.85. The number of nitrogens with zero attached hydrogens (tertiary/aromatic N) is 2. The summed E-state index contributed by atoms with van der Waals surface area (Å²) in [6.07, 6.45) is 5.53. The molecule has 0 amide bonds. The van der Waals surface area contributed by atoms with Gasteiger partial charge in [0.2, 0.25) is 0 Å². The highest BCUT2D eigenvalue weighted by Crippen LogP contribution is 2.32. The minimum atomic E-state index is 0.965. The molecule has 0 aliphatic carbocycles. The zero-order valence-electron chi connectivity index (χ0n) is 12.5. The summed E-state index contributed by atoms with van der Waals surface area (Å²) < 4.78 is 0. The maximum atomic E-state index is 4.06. The predicted molar refractivity (Wildman–Crippen MR) is 84.1 cm³/mol. The SMILES string of the molecule is [CH2-]N1CCC(C2CCN(Cc3ccccc3)CC2)CC1. The largest absolute Gasteiger partial charge is 0.459 e. The van der Waals surface area contributed by atoms with Gasteiger partial charge in [0.25, 0.3) is 0 Å². The zero-order chi connectivity index (χ0) is 13.8. The standard InChI is InChI=1S/C18H27N2/c1-19-11-7-17(8-12-19)18-9-13-20(14-10-18)15-16-5-3-2-4-6-16/h2-6,17-18H,1,7-15H2/q-1. The summed E-state index contributed by atoms with van der Waals surface area (Å²) in [5.74, 6) is 1.93. The second kappa shape index (κ2) is 6.73. The van der Waals surface area contributed by atoms with E-state index in [-0.39, 0.29) is 0 Å². The van der Waals surface area contributed by atoms with Crippen LogP contribution >= 0.6 is 0 Å². The summed E-state index contributed by atoms with van der Waals surface area (Å²) in [5, 5.41) is 0. The van der Waals surface area contributed by atoms with Crippen molar-refractivity contribution >= 4 is 0 Å². The Labute approximate surface area is 123 Å². The van der Waals surface area contributed by atoms with E-state index in [1.165, 1.54) is 57.4 Å². The number of hydrogen-bond acceptors (Lipinski definition) is 2. The van der Waals surface area contributed by atoms with E-state index in [9.17, 15) is 0 Å². The van der Waals surface area contributed by atoms with Crippen molar-refractivity contribution in [2.75, 3.05) is 26.2 Å². The van der Waals surface area contributed by atoms with Gasteiger partial charge in [0.1, 0.15) is 0 Å². The Morgan fingerprint density at radius 1 is 0.850 bits per heavy atom. The molecule has 0 unspecified atom stereocenters. The van der Waals surface area contributed by atoms with Crippen LogP contribution in [0.15, 0.2) is 30.3 Å². The predicted octanol–water partition coefficient (Wildman–Crippen LogP) is 3.40. The fraction of sp³-hybridized carbons (Fsp3) is 0.611. The molecule has 110 valence electrons. The maximum Gasteiger partial charge on any atom is 0.0233 e. The van der Waals surface area contributed by atoms with Crippen LogP contribution in [-0.2, 0) is 6.54 Å². The zero-order valence-corrected chi connectivity index (χ0v) is 12.5. The molecule has 0 atom stereocenters. The first-order valence-corrected chi connectivity index (χ1v) is 8.13. The molecule has 2 nitrogen and oxygen atoms in total. The first kappa shape index (κ1) is 14.1. The smallest absolute Gasteiger partial charge is 0.0233 e. The van der Waals surface area contributed by atoms with Gasteiger partial charge in [0.05, 0.1) is 0 Å². The summed E-state index contributed by atoms with van der Waals surface area (Å²) in [7, 11) is 4.06. The monoisotopic (exact) mass is 271 g/mol. The molecule has 0 saturated carbocycles. The lowest BCUT2D eigenvalue weighted by molar-refractivity contribution is 0.106. The van der Waals surface area contributed by atoms with Gasteiger partial charge in [-0.25, -0.2) is 0 Å². The highest BCUT2D eigenvalue weighted by Gasteiger charge is 2.27. The van der Waals surface area contributed by atoms with Gasteiger partial charge in [-0.15, -0.1) is 0 Å². The molecular weight excluding hydrogens is 244 g/mol. The van der Waals surface area contributed by atoms with Gasteiger partial charge in [-0.3, -0.25) is 11.9 Å². The van der Waals surface area contributed by atoms with Gasteiger partial charge in [-0.2, -0.15) is 0 Å². The van der Waals surface area contributed by atoms with Crippen molar-refractivity contribution in [2.45, 2.75) is 32.2 Å². The lowest BCUT2D eigenvalue weighted by Gasteiger charge is -2.41. The van der Waals surface area contributed by atoms with Crippen molar-refractivity contribution in [3.05, 3.63) is 42.9 Å². The molecule has 20 heavy (non-hydrogen) atoms. The summed E-state index contributed by atoms with van der Waals surface area (Å²) in [4.78, 5) is 4.86. The average molecular weight is 271 g/mol. The van der Waals surface area contributed by atoms with Gasteiger partial charge in [0.15, 0.2) is 0 Å². The summed E-state index contributed by atoms with van der Waals surface area (Å²) >= 11 is 0. The van der Waals surface area contributed by atoms with Crippen LogP contribution in [0.2, 0.25) is 0 Å². The van der Waals surface area contributed by atoms with Gasteiger partial charge in [-0.05, 0) is 69.3 Å². The molecule has 2 aliphatic rings. The molecule has 2 heteroatoms. The van der Waals surface area contributed by atoms with E-state index in [2.05, 4.69) is 47.2 Å². The van der Waals surface area contributed by atoms with Gasteiger partial charge >= 0.3 is 0 Å². The van der Waals surface area contributed by atoms with Crippen molar-refractivity contribution in [1.82, 2.24) is 9.80 Å². The first-order chi connectivity index (χ1) is 9.81. The molecular formula is C18H27N2-. The number of likely N-dealkylation sites (tertiary alicyclic amines) is 2. The van der Waals surface area contributed by atoms with Crippen LogP contribution in [-0.4, -0.2) is 36.0 Å². The van der Waals surface area contributed by atoms with E-state index in [1.807, 2.05) is 0 Å². The van der Waals surface area contributed by atoms with Crippen molar-refractivity contribution < 1.29 is 0 Å². The third kappa shape index (κ3) is 3.62.